The summed E-state index contributed by atoms with van der Waals surface area (Å²) in [5.41, 5.74) is 10.1. The lowest BCUT2D eigenvalue weighted by Crippen LogP contribution is -2.52. The van der Waals surface area contributed by atoms with Crippen LogP contribution in [-0.2, 0) is 22.3 Å². The molecule has 254 valence electrons. The van der Waals surface area contributed by atoms with Crippen LogP contribution in [0.25, 0.3) is 0 Å². The topological polar surface area (TPSA) is 118 Å². The molecule has 0 amide bonds. The summed E-state index contributed by atoms with van der Waals surface area (Å²) in [7, 11) is 0. The van der Waals surface area contributed by atoms with Gasteiger partial charge in [-0.1, -0.05) is 37.3 Å². The zero-order chi connectivity index (χ0) is 33.2. The third kappa shape index (κ3) is 7.52. The Bertz CT molecular complexity index is 1510. The molecule has 3 aliphatic heterocycles. The van der Waals surface area contributed by atoms with Gasteiger partial charge >= 0.3 is 0 Å². The molecule has 6 rings (SSSR count). The summed E-state index contributed by atoms with van der Waals surface area (Å²) < 4.78 is 46.4. The summed E-state index contributed by atoms with van der Waals surface area (Å²) in [6, 6.07) is 17.1. The van der Waals surface area contributed by atoms with Crippen LogP contribution in [0.4, 0.5) is 8.78 Å². The Morgan fingerprint density at radius 3 is 2.47 bits per heavy atom. The van der Waals surface area contributed by atoms with E-state index >= 15 is 0 Å². The minimum absolute atomic E-state index is 0.0136. The maximum absolute atomic E-state index is 14.3. The molecule has 8 nitrogen and oxygen atoms in total. The summed E-state index contributed by atoms with van der Waals surface area (Å²) in [6.07, 6.45) is -0.289. The molecule has 1 unspecified atom stereocenters. The van der Waals surface area contributed by atoms with Crippen LogP contribution in [0.5, 0.6) is 5.75 Å². The molecule has 9 atom stereocenters. The van der Waals surface area contributed by atoms with Crippen molar-refractivity contribution < 1.29 is 38.3 Å². The summed E-state index contributed by atoms with van der Waals surface area (Å²) in [6.45, 7) is 4.06. The van der Waals surface area contributed by atoms with Gasteiger partial charge in [0, 0.05) is 30.7 Å². The molecule has 5 N–H and O–H groups in total. The maximum atomic E-state index is 14.3. The minimum Gasteiger partial charge on any atom is -0.489 e. The lowest BCUT2D eigenvalue weighted by atomic mass is 9.90. The molecular weight excluding hydrogens is 626 g/mol. The van der Waals surface area contributed by atoms with E-state index in [1.807, 2.05) is 30.3 Å². The number of ether oxygens (including phenoxy) is 3. The summed E-state index contributed by atoms with van der Waals surface area (Å²) in [5.74, 6) is -0.228. The lowest BCUT2D eigenvalue weighted by Gasteiger charge is -2.40. The van der Waals surface area contributed by atoms with Crippen molar-refractivity contribution >= 4 is 11.8 Å². The van der Waals surface area contributed by atoms with E-state index in [4.69, 9.17) is 19.9 Å². The van der Waals surface area contributed by atoms with Gasteiger partial charge in [-0.3, -0.25) is 4.90 Å². The molecule has 3 heterocycles. The quantitative estimate of drug-likeness (QED) is 0.265. The van der Waals surface area contributed by atoms with Crippen LogP contribution >= 0.6 is 11.8 Å². The number of aryl methyl sites for hydroxylation is 1. The fourth-order valence-electron chi connectivity index (χ4n) is 7.08. The molecule has 0 radical (unpaired) electrons. The second-order valence-electron chi connectivity index (χ2n) is 12.8. The number of aliphatic hydroxyl groups excluding tert-OH is 3. The van der Waals surface area contributed by atoms with Crippen molar-refractivity contribution in [3.63, 3.8) is 0 Å². The van der Waals surface area contributed by atoms with Crippen LogP contribution in [0.1, 0.15) is 59.8 Å². The minimum atomic E-state index is -1.29. The number of aliphatic hydroxyl groups is 3. The van der Waals surface area contributed by atoms with Crippen molar-refractivity contribution in [1.29, 1.82) is 0 Å². The van der Waals surface area contributed by atoms with Crippen molar-refractivity contribution in [2.45, 2.75) is 86.8 Å². The van der Waals surface area contributed by atoms with Crippen molar-refractivity contribution in [2.24, 2.45) is 5.73 Å². The zero-order valence-electron chi connectivity index (χ0n) is 26.7. The number of halogens is 2. The first-order valence-corrected chi connectivity index (χ1v) is 17.6. The van der Waals surface area contributed by atoms with E-state index in [1.54, 1.807) is 6.26 Å². The Morgan fingerprint density at radius 1 is 0.957 bits per heavy atom. The number of hydrogen-bond acceptors (Lipinski definition) is 9. The Hall–Kier alpha value is -2.61. The molecule has 0 spiro atoms. The van der Waals surface area contributed by atoms with E-state index in [9.17, 15) is 24.1 Å². The third-order valence-corrected chi connectivity index (χ3v) is 10.6. The third-order valence-electron chi connectivity index (χ3n) is 9.72. The Labute approximate surface area is 278 Å². The van der Waals surface area contributed by atoms with Crippen LogP contribution in [0.2, 0.25) is 0 Å². The Kier molecular flexibility index (Phi) is 10.8. The normalized spacial score (nSPS) is 31.6. The molecule has 0 saturated carbocycles. The van der Waals surface area contributed by atoms with Gasteiger partial charge in [0.2, 0.25) is 0 Å². The first kappa shape index (κ1) is 34.3. The van der Waals surface area contributed by atoms with Gasteiger partial charge in [-0.25, -0.2) is 8.78 Å². The van der Waals surface area contributed by atoms with Gasteiger partial charge in [-0.15, -0.1) is 11.8 Å². The lowest BCUT2D eigenvalue weighted by molar-refractivity contribution is -0.200. The highest BCUT2D eigenvalue weighted by Crippen LogP contribution is 2.37. The fraction of sp³-hybridized carbons (Fsp3) is 0.500. The number of nitrogens with zero attached hydrogens (tertiary/aromatic N) is 1. The predicted molar refractivity (Wildman–Crippen MR) is 176 cm³/mol. The van der Waals surface area contributed by atoms with Crippen molar-refractivity contribution in [1.82, 2.24) is 4.90 Å². The molecule has 3 fully saturated rings. The van der Waals surface area contributed by atoms with E-state index < -0.39 is 53.6 Å². The molecule has 0 aromatic heterocycles. The highest BCUT2D eigenvalue weighted by Gasteiger charge is 2.44. The van der Waals surface area contributed by atoms with E-state index in [2.05, 4.69) is 24.0 Å². The van der Waals surface area contributed by atoms with Gasteiger partial charge in [-0.2, -0.15) is 0 Å². The van der Waals surface area contributed by atoms with Gasteiger partial charge in [0.15, 0.2) is 0 Å². The summed E-state index contributed by atoms with van der Waals surface area (Å²) in [5, 5.41) is 31.4. The van der Waals surface area contributed by atoms with E-state index in [0.29, 0.717) is 19.4 Å². The van der Waals surface area contributed by atoms with Gasteiger partial charge in [0.1, 0.15) is 59.4 Å². The number of likely N-dealkylation sites (tertiary alicyclic amines) is 1. The van der Waals surface area contributed by atoms with E-state index in [-0.39, 0.29) is 17.7 Å². The van der Waals surface area contributed by atoms with Gasteiger partial charge < -0.3 is 35.3 Å². The standard InChI is InChI=1S/C36H44F2N2O6S/c1-3-21-6-7-22(34-32(42)31(41)33(43)36(46-34)47-2)15-23(21)14-20-4-9-26(10-5-20)45-27-12-13-40(18-27)25-17-30(39)35(44-19-25)28-16-24(37)8-11-29(28)38/h4-11,15-16,25,27,30-36,41-43H,3,12-14,17-19,39H2,1-2H3/t25-,27+,30+,31-,32-,33+,34+,35?,36-/m1/s1. The van der Waals surface area contributed by atoms with Crippen LogP contribution in [0.15, 0.2) is 60.7 Å². The summed E-state index contributed by atoms with van der Waals surface area (Å²) >= 11 is 1.30. The molecule has 3 saturated heterocycles. The maximum Gasteiger partial charge on any atom is 0.132 e. The first-order chi connectivity index (χ1) is 22.6. The Morgan fingerprint density at radius 2 is 1.74 bits per heavy atom. The molecular formula is C36H44F2N2O6S. The monoisotopic (exact) mass is 670 g/mol. The van der Waals surface area contributed by atoms with Crippen LogP contribution < -0.4 is 10.5 Å². The molecule has 3 aliphatic rings. The number of nitrogens with two attached hydrogens (primary N) is 1. The van der Waals surface area contributed by atoms with Crippen molar-refractivity contribution in [3.05, 3.63) is 100 Å². The number of thioether (sulfide) groups is 1. The van der Waals surface area contributed by atoms with Gasteiger partial charge in [0.05, 0.1) is 6.61 Å². The second-order valence-corrected chi connectivity index (χ2v) is 13.8. The number of rotatable bonds is 9. The molecule has 47 heavy (non-hydrogen) atoms. The average Bonchev–Trinajstić information content (AvgIpc) is 3.54. The molecule has 3 aromatic rings. The van der Waals surface area contributed by atoms with E-state index in [0.717, 1.165) is 60.5 Å². The highest BCUT2D eigenvalue weighted by atomic mass is 32.2. The first-order valence-electron chi connectivity index (χ1n) is 16.3. The molecule has 3 aromatic carbocycles. The van der Waals surface area contributed by atoms with Crippen LogP contribution in [0.3, 0.4) is 0 Å². The van der Waals surface area contributed by atoms with Crippen LogP contribution in [-0.4, -0.2) is 88.1 Å². The summed E-state index contributed by atoms with van der Waals surface area (Å²) in [4.78, 5) is 2.31. The SMILES string of the molecule is CCc1ccc([C@@H]2O[C@H](SC)[C@@H](O)[C@H](O)[C@H]2O)cc1Cc1ccc(O[C@H]2CCN([C@H]3COC(c4cc(F)ccc4F)[C@@H](N)C3)C2)cc1. The Balaban J connectivity index is 1.05. The molecule has 11 heteroatoms. The van der Waals surface area contributed by atoms with Gasteiger partial charge in [0.25, 0.3) is 0 Å². The van der Waals surface area contributed by atoms with Gasteiger partial charge in [-0.05, 0) is 84.5 Å². The van der Waals surface area contributed by atoms with Crippen molar-refractivity contribution in [2.75, 3.05) is 26.0 Å². The largest absolute Gasteiger partial charge is 0.489 e. The highest BCUT2D eigenvalue weighted by molar-refractivity contribution is 7.99. The number of benzene rings is 3. The fourth-order valence-corrected chi connectivity index (χ4v) is 7.75. The molecule has 0 aliphatic carbocycles. The number of hydrogen-bond donors (Lipinski definition) is 4. The zero-order valence-corrected chi connectivity index (χ0v) is 27.5. The van der Waals surface area contributed by atoms with Crippen molar-refractivity contribution in [3.8, 4) is 5.75 Å². The molecule has 0 bridgehead atoms. The van der Waals surface area contributed by atoms with Crippen LogP contribution in [0, 0.1) is 11.6 Å². The smallest absolute Gasteiger partial charge is 0.132 e. The average molecular weight is 671 g/mol. The second kappa shape index (κ2) is 14.9. The predicted octanol–water partition coefficient (Wildman–Crippen LogP) is 4.27. The van der Waals surface area contributed by atoms with E-state index in [1.165, 1.54) is 23.4 Å².